The summed E-state index contributed by atoms with van der Waals surface area (Å²) >= 11 is 1.80. The number of Topliss-reactive ketones (excluding diaryl/α,β-unsaturated/α-hetero) is 1. The van der Waals surface area contributed by atoms with E-state index in [4.69, 9.17) is 0 Å². The molecule has 28 heavy (non-hydrogen) atoms. The van der Waals surface area contributed by atoms with E-state index < -0.39 is 0 Å². The number of anilines is 1. The SMILES string of the molecule is Cl.O=C(CCCCNCCc1cccs1)c1cc2c3c(c1)CCN3C(=O)CC2. The Bertz CT molecular complexity index is 835. The lowest BCUT2D eigenvalue weighted by Crippen LogP contribution is -2.32. The average Bonchev–Trinajstić information content (AvgIpc) is 3.34. The van der Waals surface area contributed by atoms with Crippen molar-refractivity contribution < 1.29 is 9.59 Å². The predicted octanol–water partition coefficient (Wildman–Crippen LogP) is 4.19. The van der Waals surface area contributed by atoms with E-state index in [9.17, 15) is 9.59 Å². The summed E-state index contributed by atoms with van der Waals surface area (Å²) in [5.74, 6) is 0.467. The van der Waals surface area contributed by atoms with E-state index >= 15 is 0 Å². The Morgan fingerprint density at radius 1 is 1.11 bits per heavy atom. The monoisotopic (exact) mass is 418 g/mol. The molecule has 0 unspecified atom stereocenters. The summed E-state index contributed by atoms with van der Waals surface area (Å²) in [4.78, 5) is 28.0. The summed E-state index contributed by atoms with van der Waals surface area (Å²) in [6.45, 7) is 2.74. The minimum Gasteiger partial charge on any atom is -0.316 e. The van der Waals surface area contributed by atoms with Crippen LogP contribution in [0.2, 0.25) is 0 Å². The van der Waals surface area contributed by atoms with Crippen molar-refractivity contribution in [2.45, 2.75) is 44.9 Å². The molecule has 150 valence electrons. The Kier molecular flexibility index (Phi) is 7.27. The van der Waals surface area contributed by atoms with E-state index in [2.05, 4.69) is 22.8 Å². The van der Waals surface area contributed by atoms with Gasteiger partial charge in [-0.2, -0.15) is 0 Å². The molecule has 2 aliphatic rings. The lowest BCUT2D eigenvalue weighted by atomic mass is 9.94. The second-order valence-electron chi connectivity index (χ2n) is 7.40. The van der Waals surface area contributed by atoms with E-state index in [1.807, 2.05) is 17.0 Å². The molecule has 4 nitrogen and oxygen atoms in total. The van der Waals surface area contributed by atoms with Crippen molar-refractivity contribution in [2.24, 2.45) is 0 Å². The molecular weight excluding hydrogens is 392 g/mol. The molecule has 0 saturated heterocycles. The molecule has 0 radical (unpaired) electrons. The highest BCUT2D eigenvalue weighted by molar-refractivity contribution is 7.09. The first-order valence-electron chi connectivity index (χ1n) is 9.95. The molecule has 1 amide bonds. The fourth-order valence-electron chi connectivity index (χ4n) is 4.09. The molecule has 0 spiro atoms. The first-order valence-corrected chi connectivity index (χ1v) is 10.8. The first kappa shape index (κ1) is 21.0. The number of benzene rings is 1. The van der Waals surface area contributed by atoms with E-state index in [0.29, 0.717) is 12.8 Å². The minimum absolute atomic E-state index is 0. The number of thiophene rings is 1. The number of carbonyl (C=O) groups is 2. The number of halogens is 1. The zero-order valence-electron chi connectivity index (χ0n) is 16.0. The Hall–Kier alpha value is -1.69. The Morgan fingerprint density at radius 3 is 2.71 bits per heavy atom. The highest BCUT2D eigenvalue weighted by atomic mass is 35.5. The average molecular weight is 419 g/mol. The Labute approximate surface area is 176 Å². The Morgan fingerprint density at radius 2 is 1.93 bits per heavy atom. The third-order valence-electron chi connectivity index (χ3n) is 5.51. The van der Waals surface area contributed by atoms with Crippen LogP contribution in [0.4, 0.5) is 5.69 Å². The number of amides is 1. The van der Waals surface area contributed by atoms with Gasteiger partial charge in [-0.1, -0.05) is 6.07 Å². The number of hydrogen-bond acceptors (Lipinski definition) is 4. The van der Waals surface area contributed by atoms with Crippen molar-refractivity contribution in [1.82, 2.24) is 5.32 Å². The van der Waals surface area contributed by atoms with E-state index in [1.54, 1.807) is 11.3 Å². The van der Waals surface area contributed by atoms with Gasteiger partial charge in [0.25, 0.3) is 0 Å². The molecular formula is C22H27ClN2O2S. The molecule has 0 fully saturated rings. The van der Waals surface area contributed by atoms with Crippen LogP contribution < -0.4 is 10.2 Å². The van der Waals surface area contributed by atoms with Crippen molar-refractivity contribution in [3.63, 3.8) is 0 Å². The molecule has 0 aliphatic carbocycles. The highest BCUT2D eigenvalue weighted by Gasteiger charge is 2.31. The number of nitrogens with one attached hydrogen (secondary N) is 1. The lowest BCUT2D eigenvalue weighted by molar-refractivity contribution is -0.118. The van der Waals surface area contributed by atoms with Crippen LogP contribution in [0.5, 0.6) is 0 Å². The molecule has 1 N–H and O–H groups in total. The fraction of sp³-hybridized carbons (Fsp3) is 0.455. The molecule has 2 aromatic rings. The highest BCUT2D eigenvalue weighted by Crippen LogP contribution is 2.37. The molecule has 4 rings (SSSR count). The standard InChI is InChI=1S/C22H26N2O2S.ClH/c25-20(5-1-2-10-23-11-8-19-4-3-13-27-19)18-14-16-6-7-21(26)24-12-9-17(15-18)22(16)24;/h3-4,13-15,23H,1-2,5-12H2;1H. The van der Waals surface area contributed by atoms with Gasteiger partial charge in [0, 0.05) is 29.8 Å². The van der Waals surface area contributed by atoms with Gasteiger partial charge in [-0.3, -0.25) is 9.59 Å². The normalized spacial score (nSPS) is 14.7. The van der Waals surface area contributed by atoms with Crippen LogP contribution in [0.15, 0.2) is 29.6 Å². The summed E-state index contributed by atoms with van der Waals surface area (Å²) in [6.07, 6.45) is 5.84. The second-order valence-corrected chi connectivity index (χ2v) is 8.43. The zero-order chi connectivity index (χ0) is 18.6. The maximum absolute atomic E-state index is 12.6. The fourth-order valence-corrected chi connectivity index (χ4v) is 4.80. The molecule has 1 aromatic heterocycles. The maximum Gasteiger partial charge on any atom is 0.227 e. The van der Waals surface area contributed by atoms with Gasteiger partial charge in [0.1, 0.15) is 0 Å². The van der Waals surface area contributed by atoms with Gasteiger partial charge in [0.15, 0.2) is 5.78 Å². The number of rotatable bonds is 9. The summed E-state index contributed by atoms with van der Waals surface area (Å²) in [6, 6.07) is 8.32. The van der Waals surface area contributed by atoms with Crippen LogP contribution in [0.3, 0.4) is 0 Å². The van der Waals surface area contributed by atoms with Crippen molar-refractivity contribution in [3.05, 3.63) is 51.2 Å². The molecule has 6 heteroatoms. The van der Waals surface area contributed by atoms with Crippen molar-refractivity contribution >= 4 is 41.1 Å². The second kappa shape index (κ2) is 9.68. The molecule has 0 saturated carbocycles. The summed E-state index contributed by atoms with van der Waals surface area (Å²) in [7, 11) is 0. The summed E-state index contributed by atoms with van der Waals surface area (Å²) < 4.78 is 0. The molecule has 0 atom stereocenters. The van der Waals surface area contributed by atoms with Crippen molar-refractivity contribution in [2.75, 3.05) is 24.5 Å². The zero-order valence-corrected chi connectivity index (χ0v) is 17.7. The first-order chi connectivity index (χ1) is 13.2. The summed E-state index contributed by atoms with van der Waals surface area (Å²) in [5.41, 5.74) is 4.30. The van der Waals surface area contributed by atoms with Gasteiger partial charge < -0.3 is 10.2 Å². The van der Waals surface area contributed by atoms with Crippen LogP contribution in [0.1, 0.15) is 52.0 Å². The number of ketones is 1. The number of carbonyl (C=O) groups excluding carboxylic acids is 2. The molecule has 1 aromatic carbocycles. The van der Waals surface area contributed by atoms with Gasteiger partial charge in [-0.25, -0.2) is 0 Å². The Balaban J connectivity index is 0.00000225. The number of nitrogens with zero attached hydrogens (tertiary/aromatic N) is 1. The third kappa shape index (κ3) is 4.65. The largest absolute Gasteiger partial charge is 0.316 e. The maximum atomic E-state index is 12.6. The van der Waals surface area contributed by atoms with Crippen molar-refractivity contribution in [1.29, 1.82) is 0 Å². The van der Waals surface area contributed by atoms with Crippen LogP contribution in [-0.4, -0.2) is 31.3 Å². The van der Waals surface area contributed by atoms with Crippen LogP contribution in [-0.2, 0) is 24.1 Å². The third-order valence-corrected chi connectivity index (χ3v) is 6.45. The van der Waals surface area contributed by atoms with E-state index in [-0.39, 0.29) is 24.1 Å². The topological polar surface area (TPSA) is 49.4 Å². The smallest absolute Gasteiger partial charge is 0.227 e. The minimum atomic E-state index is 0. The van der Waals surface area contributed by atoms with Gasteiger partial charge >= 0.3 is 0 Å². The summed E-state index contributed by atoms with van der Waals surface area (Å²) in [5, 5.41) is 5.58. The molecule has 3 heterocycles. The lowest BCUT2D eigenvalue weighted by Gasteiger charge is -2.25. The molecule has 2 aliphatic heterocycles. The van der Waals surface area contributed by atoms with Gasteiger partial charge in [-0.05, 0) is 79.9 Å². The van der Waals surface area contributed by atoms with E-state index in [1.165, 1.54) is 16.0 Å². The molecule has 0 bridgehead atoms. The van der Waals surface area contributed by atoms with E-state index in [0.717, 1.165) is 63.0 Å². The van der Waals surface area contributed by atoms with Crippen LogP contribution in [0, 0.1) is 0 Å². The quantitative estimate of drug-likeness (QED) is 0.490. The van der Waals surface area contributed by atoms with Crippen LogP contribution in [0.25, 0.3) is 0 Å². The number of aryl methyl sites for hydroxylation is 1. The van der Waals surface area contributed by atoms with Gasteiger partial charge in [-0.15, -0.1) is 23.7 Å². The van der Waals surface area contributed by atoms with Gasteiger partial charge in [0.05, 0.1) is 5.69 Å². The van der Waals surface area contributed by atoms with Crippen LogP contribution >= 0.6 is 23.7 Å². The van der Waals surface area contributed by atoms with Crippen molar-refractivity contribution in [3.8, 4) is 0 Å². The number of unbranched alkanes of at least 4 members (excludes halogenated alkanes) is 1. The van der Waals surface area contributed by atoms with Gasteiger partial charge in [0.2, 0.25) is 5.91 Å². The predicted molar refractivity (Wildman–Crippen MR) is 117 cm³/mol. The number of hydrogen-bond donors (Lipinski definition) is 1.